The smallest absolute Gasteiger partial charge is 0.451 e. The highest BCUT2D eigenvalue weighted by Crippen LogP contribution is 2.30. The van der Waals surface area contributed by atoms with Crippen LogP contribution in [0.15, 0.2) is 18.2 Å². The zero-order chi connectivity index (χ0) is 19.8. The van der Waals surface area contributed by atoms with Gasteiger partial charge in [0, 0.05) is 44.0 Å². The zero-order valence-corrected chi connectivity index (χ0v) is 15.1. The number of aromatic hydroxyl groups is 2. The van der Waals surface area contributed by atoms with E-state index < -0.39 is 12.0 Å². The molecule has 2 N–H and O–H groups in total. The lowest BCUT2D eigenvalue weighted by Crippen LogP contribution is -2.46. The van der Waals surface area contributed by atoms with Crippen molar-refractivity contribution in [3.63, 3.8) is 0 Å². The molecular weight excluding hydrogens is 361 g/mol. The van der Waals surface area contributed by atoms with E-state index in [1.54, 1.807) is 19.9 Å². The SMILES string of the molecule is Cc1nc(C(F)(F)F)nc(N2CCN(Cc3ccc(O)c(O)c3)CC2)c1C. The number of phenolic OH excluding ortho intramolecular Hbond substituents is 2. The van der Waals surface area contributed by atoms with Crippen molar-refractivity contribution in [1.82, 2.24) is 14.9 Å². The molecule has 0 atom stereocenters. The third kappa shape index (κ3) is 4.24. The Bertz CT molecular complexity index is 834. The quantitative estimate of drug-likeness (QED) is 0.796. The predicted octanol–water partition coefficient (Wildman–Crippen LogP) is 2.85. The Morgan fingerprint density at radius 2 is 1.67 bits per heavy atom. The van der Waals surface area contributed by atoms with E-state index in [4.69, 9.17) is 0 Å². The average Bonchev–Trinajstić information content (AvgIpc) is 2.60. The van der Waals surface area contributed by atoms with Crippen LogP contribution < -0.4 is 4.90 Å². The van der Waals surface area contributed by atoms with Crippen LogP contribution in [-0.2, 0) is 12.7 Å². The largest absolute Gasteiger partial charge is 0.504 e. The molecule has 0 bridgehead atoms. The van der Waals surface area contributed by atoms with Gasteiger partial charge in [-0.05, 0) is 31.5 Å². The third-order valence-electron chi connectivity index (χ3n) is 4.73. The summed E-state index contributed by atoms with van der Waals surface area (Å²) < 4.78 is 39.1. The van der Waals surface area contributed by atoms with Crippen LogP contribution in [0.25, 0.3) is 0 Å². The highest BCUT2D eigenvalue weighted by Gasteiger charge is 2.36. The standard InChI is InChI=1S/C18H21F3N4O2/c1-11-12(2)22-17(18(19,20)21)23-16(11)25-7-5-24(6-8-25)10-13-3-4-14(26)15(27)9-13/h3-4,9,26-27H,5-8,10H2,1-2H3. The van der Waals surface area contributed by atoms with Gasteiger partial charge in [-0.2, -0.15) is 13.2 Å². The molecule has 1 aliphatic heterocycles. The fraction of sp³-hybridized carbons (Fsp3) is 0.444. The molecule has 1 aromatic carbocycles. The van der Waals surface area contributed by atoms with E-state index in [1.807, 2.05) is 4.90 Å². The molecule has 1 aliphatic rings. The van der Waals surface area contributed by atoms with Crippen molar-refractivity contribution in [2.45, 2.75) is 26.6 Å². The first kappa shape index (κ1) is 19.2. The van der Waals surface area contributed by atoms with E-state index in [0.717, 1.165) is 5.56 Å². The molecule has 0 aliphatic carbocycles. The van der Waals surface area contributed by atoms with E-state index in [1.165, 1.54) is 12.1 Å². The van der Waals surface area contributed by atoms with Crippen LogP contribution in [0.1, 0.15) is 22.6 Å². The second kappa shape index (κ2) is 7.22. The van der Waals surface area contributed by atoms with Gasteiger partial charge in [0.25, 0.3) is 0 Å². The fourth-order valence-electron chi connectivity index (χ4n) is 3.09. The highest BCUT2D eigenvalue weighted by atomic mass is 19.4. The number of aryl methyl sites for hydroxylation is 1. The van der Waals surface area contributed by atoms with Crippen molar-refractivity contribution in [3.8, 4) is 11.5 Å². The van der Waals surface area contributed by atoms with Crippen LogP contribution in [0.5, 0.6) is 11.5 Å². The molecule has 0 spiro atoms. The van der Waals surface area contributed by atoms with Crippen molar-refractivity contribution in [1.29, 1.82) is 0 Å². The number of rotatable bonds is 3. The minimum absolute atomic E-state index is 0.168. The van der Waals surface area contributed by atoms with Crippen molar-refractivity contribution < 1.29 is 23.4 Å². The maximum atomic E-state index is 13.0. The number of hydrogen-bond acceptors (Lipinski definition) is 6. The lowest BCUT2D eigenvalue weighted by Gasteiger charge is -2.36. The highest BCUT2D eigenvalue weighted by molar-refractivity contribution is 5.49. The maximum Gasteiger partial charge on any atom is 0.451 e. The first-order valence-corrected chi connectivity index (χ1v) is 8.55. The van der Waals surface area contributed by atoms with Gasteiger partial charge in [-0.25, -0.2) is 9.97 Å². The summed E-state index contributed by atoms with van der Waals surface area (Å²) in [5.74, 6) is -1.11. The number of hydrogen-bond donors (Lipinski definition) is 2. The van der Waals surface area contributed by atoms with E-state index in [2.05, 4.69) is 14.9 Å². The Balaban J connectivity index is 1.70. The molecule has 2 heterocycles. The van der Waals surface area contributed by atoms with E-state index in [0.29, 0.717) is 49.8 Å². The van der Waals surface area contributed by atoms with E-state index >= 15 is 0 Å². The molecule has 1 fully saturated rings. The van der Waals surface area contributed by atoms with Crippen LogP contribution in [-0.4, -0.2) is 51.3 Å². The lowest BCUT2D eigenvalue weighted by molar-refractivity contribution is -0.145. The average molecular weight is 382 g/mol. The molecule has 27 heavy (non-hydrogen) atoms. The van der Waals surface area contributed by atoms with Gasteiger partial charge in [0.15, 0.2) is 11.5 Å². The monoisotopic (exact) mass is 382 g/mol. The Morgan fingerprint density at radius 3 is 2.26 bits per heavy atom. The fourth-order valence-corrected chi connectivity index (χ4v) is 3.09. The molecule has 0 radical (unpaired) electrons. The molecule has 6 nitrogen and oxygen atoms in total. The molecular formula is C18H21F3N4O2. The van der Waals surface area contributed by atoms with Gasteiger partial charge in [-0.1, -0.05) is 6.07 Å². The van der Waals surface area contributed by atoms with Crippen molar-refractivity contribution in [2.24, 2.45) is 0 Å². The second-order valence-electron chi connectivity index (χ2n) is 6.67. The number of halogens is 3. The number of benzene rings is 1. The first-order chi connectivity index (χ1) is 12.6. The summed E-state index contributed by atoms with van der Waals surface area (Å²) in [6, 6.07) is 4.68. The van der Waals surface area contributed by atoms with Crippen molar-refractivity contribution >= 4 is 5.82 Å². The molecule has 1 aromatic heterocycles. The minimum Gasteiger partial charge on any atom is -0.504 e. The van der Waals surface area contributed by atoms with Gasteiger partial charge in [-0.3, -0.25) is 4.90 Å². The Kier molecular flexibility index (Phi) is 5.14. The molecule has 9 heteroatoms. The topological polar surface area (TPSA) is 72.7 Å². The number of piperazine rings is 1. The number of phenols is 2. The Morgan fingerprint density at radius 1 is 1.00 bits per heavy atom. The van der Waals surface area contributed by atoms with Gasteiger partial charge in [0.2, 0.25) is 5.82 Å². The van der Waals surface area contributed by atoms with Gasteiger partial charge in [-0.15, -0.1) is 0 Å². The summed E-state index contributed by atoms with van der Waals surface area (Å²) in [5, 5.41) is 19.0. The molecule has 0 unspecified atom stereocenters. The maximum absolute atomic E-state index is 13.0. The summed E-state index contributed by atoms with van der Waals surface area (Å²) in [6.07, 6.45) is -4.57. The van der Waals surface area contributed by atoms with Crippen LogP contribution in [0.2, 0.25) is 0 Å². The zero-order valence-electron chi connectivity index (χ0n) is 15.1. The Labute approximate surface area is 154 Å². The third-order valence-corrected chi connectivity index (χ3v) is 4.73. The van der Waals surface area contributed by atoms with E-state index in [-0.39, 0.29) is 11.5 Å². The van der Waals surface area contributed by atoms with Gasteiger partial charge >= 0.3 is 6.18 Å². The second-order valence-corrected chi connectivity index (χ2v) is 6.67. The molecule has 146 valence electrons. The normalized spacial score (nSPS) is 16.0. The van der Waals surface area contributed by atoms with Crippen LogP contribution in [0.4, 0.5) is 19.0 Å². The molecule has 0 amide bonds. The predicted molar refractivity (Wildman–Crippen MR) is 93.8 cm³/mol. The lowest BCUT2D eigenvalue weighted by atomic mass is 10.1. The summed E-state index contributed by atoms with van der Waals surface area (Å²) in [5.41, 5.74) is 1.83. The summed E-state index contributed by atoms with van der Waals surface area (Å²) in [7, 11) is 0. The summed E-state index contributed by atoms with van der Waals surface area (Å²) in [6.45, 7) is 6.24. The van der Waals surface area contributed by atoms with Gasteiger partial charge in [0.1, 0.15) is 5.82 Å². The molecule has 1 saturated heterocycles. The minimum atomic E-state index is -4.57. The molecule has 2 aromatic rings. The number of nitrogens with zero attached hydrogens (tertiary/aromatic N) is 4. The van der Waals surface area contributed by atoms with Gasteiger partial charge in [0.05, 0.1) is 0 Å². The number of alkyl halides is 3. The van der Waals surface area contributed by atoms with Crippen LogP contribution in [0, 0.1) is 13.8 Å². The van der Waals surface area contributed by atoms with Gasteiger partial charge < -0.3 is 15.1 Å². The summed E-state index contributed by atoms with van der Waals surface area (Å²) >= 11 is 0. The van der Waals surface area contributed by atoms with Crippen LogP contribution >= 0.6 is 0 Å². The first-order valence-electron chi connectivity index (χ1n) is 8.55. The number of anilines is 1. The summed E-state index contributed by atoms with van der Waals surface area (Å²) in [4.78, 5) is 11.3. The van der Waals surface area contributed by atoms with E-state index in [9.17, 15) is 23.4 Å². The van der Waals surface area contributed by atoms with Crippen LogP contribution in [0.3, 0.4) is 0 Å². The van der Waals surface area contributed by atoms with Crippen molar-refractivity contribution in [3.05, 3.63) is 40.8 Å². The number of aromatic nitrogens is 2. The molecule has 0 saturated carbocycles. The molecule has 3 rings (SSSR count). The van der Waals surface area contributed by atoms with Crippen molar-refractivity contribution in [2.75, 3.05) is 31.1 Å². The Hall–Kier alpha value is -2.55.